The number of ether oxygens (including phenoxy) is 1. The summed E-state index contributed by atoms with van der Waals surface area (Å²) in [5.41, 5.74) is -0.971. The predicted octanol–water partition coefficient (Wildman–Crippen LogP) is 0.520. The molecule has 1 saturated heterocycles. The van der Waals surface area contributed by atoms with Crippen LogP contribution in [0.2, 0.25) is 0 Å². The highest BCUT2D eigenvalue weighted by Gasteiger charge is 2.36. The number of hydrogen-bond donors (Lipinski definition) is 2. The fraction of sp³-hybridized carbons (Fsp3) is 0.455. The fourth-order valence-electron chi connectivity index (χ4n) is 1.92. The lowest BCUT2D eigenvalue weighted by Crippen LogP contribution is -2.33. The van der Waals surface area contributed by atoms with Crippen molar-refractivity contribution < 1.29 is 14.2 Å². The van der Waals surface area contributed by atoms with Gasteiger partial charge in [0.05, 0.1) is 12.2 Å². The molecular weight excluding hydrogens is 323 g/mol. The molecule has 2 N–H and O–H groups in total. The topological polar surface area (TPSA) is 84.3 Å². The second-order valence-corrected chi connectivity index (χ2v) is 4.64. The quantitative estimate of drug-likeness (QED) is 0.844. The van der Waals surface area contributed by atoms with Gasteiger partial charge < -0.3 is 9.84 Å². The molecule has 8 heteroatoms. The third kappa shape index (κ3) is 2.85. The average molecular weight is 335 g/mol. The molecule has 0 spiro atoms. The van der Waals surface area contributed by atoms with Crippen molar-refractivity contribution in [1.29, 1.82) is 0 Å². The number of aromatic nitrogens is 2. The normalized spacial score (nSPS) is 27.2. The van der Waals surface area contributed by atoms with Crippen LogP contribution in [-0.2, 0) is 4.74 Å². The van der Waals surface area contributed by atoms with Crippen LogP contribution in [0.4, 0.5) is 4.39 Å². The van der Waals surface area contributed by atoms with Gasteiger partial charge in [-0.05, 0) is 11.1 Å². The van der Waals surface area contributed by atoms with E-state index < -0.39 is 36.4 Å². The average Bonchev–Trinajstić information content (AvgIpc) is 2.74. The van der Waals surface area contributed by atoms with Crippen LogP contribution in [0.25, 0.3) is 6.08 Å². The van der Waals surface area contributed by atoms with Crippen LogP contribution >= 0.6 is 15.9 Å². The van der Waals surface area contributed by atoms with Crippen molar-refractivity contribution in [2.45, 2.75) is 24.9 Å². The smallest absolute Gasteiger partial charge is 0.330 e. The Bertz CT molecular complexity index is 597. The Balaban J connectivity index is 2.38. The summed E-state index contributed by atoms with van der Waals surface area (Å²) >= 11 is 3.03. The number of hydrogen-bond acceptors (Lipinski definition) is 4. The number of halogens is 2. The van der Waals surface area contributed by atoms with Crippen molar-refractivity contribution >= 4 is 22.0 Å². The third-order valence-corrected chi connectivity index (χ3v) is 3.15. The second-order valence-electron chi connectivity index (χ2n) is 4.11. The Morgan fingerprint density at radius 3 is 2.95 bits per heavy atom. The van der Waals surface area contributed by atoms with Gasteiger partial charge in [-0.1, -0.05) is 15.9 Å². The maximum atomic E-state index is 13.5. The standard InChI is InChI=1S/C11H12BrFN2O4/c12-2-1-6-4-15(11(18)14-10(6)17)9-3-7(13)8(5-16)19-9/h1-2,4,7-9,16H,3,5H2,(H,14,17,18)/t7-,8+,9+/m0/s1. The molecule has 1 aliphatic rings. The molecule has 19 heavy (non-hydrogen) atoms. The highest BCUT2D eigenvalue weighted by Crippen LogP contribution is 2.29. The molecule has 0 radical (unpaired) electrons. The first-order valence-electron chi connectivity index (χ1n) is 5.59. The van der Waals surface area contributed by atoms with Gasteiger partial charge in [-0.3, -0.25) is 14.3 Å². The van der Waals surface area contributed by atoms with Crippen LogP contribution in [0.3, 0.4) is 0 Å². The van der Waals surface area contributed by atoms with Crippen molar-refractivity contribution in [2.75, 3.05) is 6.61 Å². The number of aliphatic hydroxyl groups is 1. The molecule has 1 fully saturated rings. The van der Waals surface area contributed by atoms with Gasteiger partial charge in [0.15, 0.2) is 0 Å². The van der Waals surface area contributed by atoms with Gasteiger partial charge in [-0.2, -0.15) is 0 Å². The highest BCUT2D eigenvalue weighted by molar-refractivity contribution is 9.11. The molecule has 0 unspecified atom stereocenters. The van der Waals surface area contributed by atoms with E-state index in [0.29, 0.717) is 0 Å². The Kier molecular flexibility index (Phi) is 4.33. The number of aromatic amines is 1. The van der Waals surface area contributed by atoms with Gasteiger partial charge in [0.1, 0.15) is 18.5 Å². The van der Waals surface area contributed by atoms with Gasteiger partial charge in [0.2, 0.25) is 0 Å². The minimum Gasteiger partial charge on any atom is -0.394 e. The van der Waals surface area contributed by atoms with Gasteiger partial charge >= 0.3 is 5.69 Å². The minimum absolute atomic E-state index is 0.0470. The summed E-state index contributed by atoms with van der Waals surface area (Å²) in [4.78, 5) is 26.8. The molecule has 0 saturated carbocycles. The van der Waals surface area contributed by atoms with E-state index in [-0.39, 0.29) is 12.0 Å². The molecule has 0 aromatic carbocycles. The molecule has 1 aliphatic heterocycles. The number of nitrogens with zero attached hydrogens (tertiary/aromatic N) is 1. The molecule has 104 valence electrons. The van der Waals surface area contributed by atoms with Crippen molar-refractivity contribution in [3.63, 3.8) is 0 Å². The summed E-state index contributed by atoms with van der Waals surface area (Å²) in [6.07, 6.45) is -0.410. The van der Waals surface area contributed by atoms with Gasteiger partial charge in [0.25, 0.3) is 5.56 Å². The lowest BCUT2D eigenvalue weighted by molar-refractivity contribution is -0.0356. The van der Waals surface area contributed by atoms with E-state index in [4.69, 9.17) is 9.84 Å². The molecular formula is C11H12BrFN2O4. The second kappa shape index (κ2) is 5.81. The highest BCUT2D eigenvalue weighted by atomic mass is 79.9. The summed E-state index contributed by atoms with van der Waals surface area (Å²) in [7, 11) is 0. The van der Waals surface area contributed by atoms with E-state index in [1.54, 1.807) is 0 Å². The molecule has 2 rings (SSSR count). The summed E-state index contributed by atoms with van der Waals surface area (Å²) in [6.45, 7) is -0.454. The number of alkyl halides is 1. The van der Waals surface area contributed by atoms with E-state index >= 15 is 0 Å². The first-order chi connectivity index (χ1) is 9.06. The number of aliphatic hydroxyl groups excluding tert-OH is 1. The van der Waals surface area contributed by atoms with Gasteiger partial charge in [-0.25, -0.2) is 9.18 Å². The van der Waals surface area contributed by atoms with Gasteiger partial charge in [-0.15, -0.1) is 0 Å². The zero-order chi connectivity index (χ0) is 14.0. The maximum Gasteiger partial charge on any atom is 0.330 e. The maximum absolute atomic E-state index is 13.5. The Morgan fingerprint density at radius 2 is 2.37 bits per heavy atom. The van der Waals surface area contributed by atoms with Crippen molar-refractivity contribution in [3.05, 3.63) is 37.6 Å². The molecule has 6 nitrogen and oxygen atoms in total. The lowest BCUT2D eigenvalue weighted by atomic mass is 10.2. The summed E-state index contributed by atoms with van der Waals surface area (Å²) in [5.74, 6) is 0. The van der Waals surface area contributed by atoms with E-state index in [1.807, 2.05) is 0 Å². The zero-order valence-corrected chi connectivity index (χ0v) is 11.3. The fourth-order valence-corrected chi connectivity index (χ4v) is 2.21. The Labute approximate surface area is 115 Å². The van der Waals surface area contributed by atoms with E-state index in [2.05, 4.69) is 20.9 Å². The number of H-pyrrole nitrogens is 1. The third-order valence-electron chi connectivity index (χ3n) is 2.89. The first-order valence-corrected chi connectivity index (χ1v) is 6.51. The van der Waals surface area contributed by atoms with Crippen LogP contribution in [0, 0.1) is 0 Å². The van der Waals surface area contributed by atoms with Crippen molar-refractivity contribution in [2.24, 2.45) is 0 Å². The first kappa shape index (κ1) is 14.2. The number of nitrogens with one attached hydrogen (secondary N) is 1. The summed E-state index contributed by atoms with van der Waals surface area (Å²) in [6, 6.07) is 0. The lowest BCUT2D eigenvalue weighted by Gasteiger charge is -2.14. The van der Waals surface area contributed by atoms with E-state index in [0.717, 1.165) is 4.57 Å². The summed E-state index contributed by atoms with van der Waals surface area (Å²) < 4.78 is 19.8. The van der Waals surface area contributed by atoms with Crippen molar-refractivity contribution in [3.8, 4) is 0 Å². The summed E-state index contributed by atoms with van der Waals surface area (Å²) in [5, 5.41) is 8.93. The van der Waals surface area contributed by atoms with Crippen LogP contribution in [0.5, 0.6) is 0 Å². The molecule has 0 aliphatic carbocycles. The van der Waals surface area contributed by atoms with Crippen LogP contribution in [0.15, 0.2) is 20.8 Å². The molecule has 1 aromatic heterocycles. The molecule has 0 bridgehead atoms. The number of rotatable bonds is 3. The van der Waals surface area contributed by atoms with Crippen LogP contribution < -0.4 is 11.2 Å². The van der Waals surface area contributed by atoms with Crippen LogP contribution in [-0.4, -0.2) is 33.5 Å². The zero-order valence-electron chi connectivity index (χ0n) is 9.75. The predicted molar refractivity (Wildman–Crippen MR) is 69.8 cm³/mol. The molecule has 2 heterocycles. The minimum atomic E-state index is -1.34. The molecule has 3 atom stereocenters. The molecule has 0 amide bonds. The largest absolute Gasteiger partial charge is 0.394 e. The van der Waals surface area contributed by atoms with Crippen molar-refractivity contribution in [1.82, 2.24) is 9.55 Å². The Hall–Kier alpha value is -1.25. The monoisotopic (exact) mass is 334 g/mol. The van der Waals surface area contributed by atoms with E-state index in [1.165, 1.54) is 17.3 Å². The Morgan fingerprint density at radius 1 is 1.63 bits per heavy atom. The van der Waals surface area contributed by atoms with Gasteiger partial charge in [0, 0.05) is 12.6 Å². The van der Waals surface area contributed by atoms with Crippen LogP contribution in [0.1, 0.15) is 18.2 Å². The SMILES string of the molecule is O=c1[nH]c(=O)n([C@H]2C[C@H](F)[C@@H](CO)O2)cc1C=CBr. The molecule has 1 aromatic rings. The van der Waals surface area contributed by atoms with E-state index in [9.17, 15) is 14.0 Å².